The van der Waals surface area contributed by atoms with Gasteiger partial charge in [-0.1, -0.05) is 70.2 Å². The van der Waals surface area contributed by atoms with E-state index < -0.39 is 68.5 Å². The van der Waals surface area contributed by atoms with Crippen LogP contribution in [-0.4, -0.2) is 86.0 Å². The number of ether oxygens (including phenoxy) is 1. The van der Waals surface area contributed by atoms with Crippen LogP contribution >= 0.6 is 0 Å². The molecule has 1 aromatic carbocycles. The number of hydrogen-bond acceptors (Lipinski definition) is 9. The van der Waals surface area contributed by atoms with Gasteiger partial charge < -0.3 is 26.0 Å². The second kappa shape index (κ2) is 19.0. The number of carbonyl (C=O) groups excluding carboxylic acids is 5. The minimum atomic E-state index is -3.87. The van der Waals surface area contributed by atoms with Crippen LogP contribution < -0.4 is 21.1 Å². The molecule has 1 saturated heterocycles. The Morgan fingerprint density at radius 2 is 1.82 bits per heavy atom. The van der Waals surface area contributed by atoms with Gasteiger partial charge in [0.25, 0.3) is 12.4 Å². The summed E-state index contributed by atoms with van der Waals surface area (Å²) in [7, 11) is -3.87. The van der Waals surface area contributed by atoms with E-state index in [0.29, 0.717) is 32.3 Å². The molecule has 5 atom stereocenters. The van der Waals surface area contributed by atoms with Gasteiger partial charge in [0.05, 0.1) is 17.9 Å². The van der Waals surface area contributed by atoms with Gasteiger partial charge in [0.2, 0.25) is 27.7 Å². The number of hydrogen-bond donors (Lipinski definition) is 4. The maximum absolute atomic E-state index is 13.8. The van der Waals surface area contributed by atoms with Crippen molar-refractivity contribution in [1.29, 1.82) is 0 Å². The van der Waals surface area contributed by atoms with Crippen molar-refractivity contribution in [1.82, 2.24) is 20.3 Å². The van der Waals surface area contributed by atoms with Crippen molar-refractivity contribution >= 4 is 46.2 Å². The fraction of sp³-hybridized carbons (Fsp3) is 0.595. The van der Waals surface area contributed by atoms with E-state index in [-0.39, 0.29) is 25.3 Å². The number of allylic oxidation sites excluding steroid dienone is 1. The summed E-state index contributed by atoms with van der Waals surface area (Å²) in [5.41, 5.74) is 7.73. The number of sulfonamides is 1. The first-order valence-electron chi connectivity index (χ1n) is 17.7. The Labute approximate surface area is 302 Å². The topological polar surface area (TPSA) is 194 Å². The van der Waals surface area contributed by atoms with E-state index in [2.05, 4.69) is 28.0 Å². The summed E-state index contributed by atoms with van der Waals surface area (Å²) in [6, 6.07) is 3.99. The highest BCUT2D eigenvalue weighted by atomic mass is 32.2. The largest absolute Gasteiger partial charge is 0.468 e. The molecule has 1 saturated carbocycles. The van der Waals surface area contributed by atoms with Crippen LogP contribution in [0.25, 0.3) is 6.08 Å². The zero-order chi connectivity index (χ0) is 37.8. The van der Waals surface area contributed by atoms with Crippen molar-refractivity contribution in [2.45, 2.75) is 115 Å². The average molecular weight is 730 g/mol. The lowest BCUT2D eigenvalue weighted by atomic mass is 9.86. The van der Waals surface area contributed by atoms with E-state index in [1.54, 1.807) is 6.92 Å². The maximum Gasteiger partial charge on any atom is 0.293 e. The molecular weight excluding hydrogens is 675 g/mol. The van der Waals surface area contributed by atoms with Crippen LogP contribution in [0.1, 0.15) is 90.2 Å². The van der Waals surface area contributed by atoms with Crippen molar-refractivity contribution in [3.8, 4) is 0 Å². The number of benzene rings is 1. The van der Waals surface area contributed by atoms with E-state index in [1.807, 2.05) is 51.1 Å². The zero-order valence-corrected chi connectivity index (χ0v) is 31.1. The smallest absolute Gasteiger partial charge is 0.293 e. The molecule has 0 bridgehead atoms. The molecule has 0 radical (unpaired) electrons. The monoisotopic (exact) mass is 729 g/mol. The van der Waals surface area contributed by atoms with Gasteiger partial charge in [0, 0.05) is 24.9 Å². The lowest BCUT2D eigenvalue weighted by Gasteiger charge is -2.33. The molecule has 5 N–H and O–H groups in total. The number of aryl methyl sites for hydroxylation is 1. The summed E-state index contributed by atoms with van der Waals surface area (Å²) in [6.45, 7) is 11.7. The minimum absolute atomic E-state index is 0.0387. The molecule has 1 unspecified atom stereocenters. The van der Waals surface area contributed by atoms with Crippen LogP contribution in [0.3, 0.4) is 0 Å². The Morgan fingerprint density at radius 3 is 2.47 bits per heavy atom. The third kappa shape index (κ3) is 12.6. The van der Waals surface area contributed by atoms with E-state index in [9.17, 15) is 32.4 Å². The van der Waals surface area contributed by atoms with E-state index in [1.165, 1.54) is 11.0 Å². The molecule has 1 aromatic rings. The maximum atomic E-state index is 13.8. The highest BCUT2D eigenvalue weighted by Crippen LogP contribution is 2.28. The van der Waals surface area contributed by atoms with Crippen LogP contribution in [-0.2, 0) is 45.2 Å². The molecule has 2 fully saturated rings. The quantitative estimate of drug-likeness (QED) is 0.0887. The number of unbranched alkanes of at least 4 members (excludes halogenated alkanes) is 3. The van der Waals surface area contributed by atoms with Crippen LogP contribution in [0.15, 0.2) is 43.0 Å². The molecule has 2 aliphatic rings. The third-order valence-corrected chi connectivity index (χ3v) is 11.1. The Kier molecular flexibility index (Phi) is 15.4. The second-order valence-corrected chi connectivity index (χ2v) is 16.5. The number of nitrogens with one attached hydrogen (secondary N) is 3. The predicted octanol–water partition coefficient (Wildman–Crippen LogP) is 2.74. The molecule has 51 heavy (non-hydrogen) atoms. The Bertz CT molecular complexity index is 1540. The molecule has 1 aliphatic carbocycles. The summed E-state index contributed by atoms with van der Waals surface area (Å²) in [4.78, 5) is 65.4. The summed E-state index contributed by atoms with van der Waals surface area (Å²) in [5.74, 6) is -2.88. The number of amides is 4. The second-order valence-electron chi connectivity index (χ2n) is 14.6. The van der Waals surface area contributed by atoms with Gasteiger partial charge in [0.15, 0.2) is 0 Å². The summed E-state index contributed by atoms with van der Waals surface area (Å²) in [5, 5.41) is 5.00. The van der Waals surface area contributed by atoms with Gasteiger partial charge >= 0.3 is 0 Å². The Balaban J connectivity index is 1.67. The molecule has 13 nitrogen and oxygen atoms in total. The first-order valence-corrected chi connectivity index (χ1v) is 19.3. The molecule has 14 heteroatoms. The fourth-order valence-corrected chi connectivity index (χ4v) is 7.15. The average Bonchev–Trinajstić information content (AvgIpc) is 3.87. The molecule has 3 rings (SSSR count). The van der Waals surface area contributed by atoms with Gasteiger partial charge in [-0.3, -0.25) is 28.7 Å². The fourth-order valence-electron chi connectivity index (χ4n) is 5.82. The molecular formula is C37H55N5O8S. The number of rotatable bonds is 20. The first kappa shape index (κ1) is 41.4. The van der Waals surface area contributed by atoms with E-state index in [0.717, 1.165) is 36.8 Å². The first-order chi connectivity index (χ1) is 24.1. The van der Waals surface area contributed by atoms with Crippen LogP contribution in [0.5, 0.6) is 0 Å². The van der Waals surface area contributed by atoms with Gasteiger partial charge in [-0.05, 0) is 67.9 Å². The van der Waals surface area contributed by atoms with Gasteiger partial charge in [0.1, 0.15) is 12.1 Å². The molecule has 282 valence electrons. The molecule has 4 amide bonds. The molecule has 0 spiro atoms. The summed E-state index contributed by atoms with van der Waals surface area (Å²) in [6.07, 6.45) is 10.8. The third-order valence-electron chi connectivity index (χ3n) is 9.31. The van der Waals surface area contributed by atoms with Gasteiger partial charge in [-0.15, -0.1) is 6.58 Å². The standard InChI is InChI=1S/C37H55N5O8S/c1-6-25(2)32(35(46)41-51(48,49)29-18-19-29)40-34(45)30-22-28(23-42(30)36(47)33(38)37(3,4)5)39-31(44)20-17-27-16-12-11-15-26(27)14-10-8-7-9-13-21-50-24-43/h6,10-12,14-16,24-25,28-30,32-33H,1,7-9,13,17-23,38H2,2-5H3,(H,39,44)(H,40,45)(H,41,46)/b14-10+/t25-,28+,30-,32?,33+/m0/s1. The Morgan fingerprint density at radius 1 is 1.12 bits per heavy atom. The summed E-state index contributed by atoms with van der Waals surface area (Å²) >= 11 is 0. The number of nitrogens with zero attached hydrogens (tertiary/aromatic N) is 1. The van der Waals surface area contributed by atoms with E-state index in [4.69, 9.17) is 10.5 Å². The number of carbonyl (C=O) groups is 5. The highest BCUT2D eigenvalue weighted by molar-refractivity contribution is 7.90. The van der Waals surface area contributed by atoms with Crippen molar-refractivity contribution < 1.29 is 37.1 Å². The number of nitrogens with two attached hydrogens (primary N) is 1. The van der Waals surface area contributed by atoms with Crippen molar-refractivity contribution in [2.75, 3.05) is 13.2 Å². The van der Waals surface area contributed by atoms with Crippen molar-refractivity contribution in [3.05, 3.63) is 54.1 Å². The van der Waals surface area contributed by atoms with E-state index >= 15 is 0 Å². The SMILES string of the molecule is C=C[C@H](C)C(NC(=O)[C@@H]1C[C@@H](NC(=O)CCc2ccccc2/C=C/CCCCCOC=O)CN1C(=O)[C@@H](N)C(C)(C)C)C(=O)NS(=O)(=O)C1CC1. The normalized spacial score (nSPS) is 19.5. The van der Waals surface area contributed by atoms with Crippen LogP contribution in [0.2, 0.25) is 0 Å². The van der Waals surface area contributed by atoms with Gasteiger partial charge in [-0.2, -0.15) is 0 Å². The lowest BCUT2D eigenvalue weighted by Crippen LogP contribution is -2.58. The zero-order valence-electron chi connectivity index (χ0n) is 30.3. The number of likely N-dealkylation sites (tertiary alicyclic amines) is 1. The van der Waals surface area contributed by atoms with Crippen LogP contribution in [0.4, 0.5) is 0 Å². The lowest BCUT2D eigenvalue weighted by molar-refractivity contribution is -0.142. The van der Waals surface area contributed by atoms with Gasteiger partial charge in [-0.25, -0.2) is 8.42 Å². The minimum Gasteiger partial charge on any atom is -0.468 e. The van der Waals surface area contributed by atoms with Crippen molar-refractivity contribution in [2.24, 2.45) is 17.1 Å². The van der Waals surface area contributed by atoms with Crippen molar-refractivity contribution in [3.63, 3.8) is 0 Å². The predicted molar refractivity (Wildman–Crippen MR) is 195 cm³/mol. The Hall–Kier alpha value is -4.04. The highest BCUT2D eigenvalue weighted by Gasteiger charge is 2.45. The van der Waals surface area contributed by atoms with Crippen LogP contribution in [0, 0.1) is 11.3 Å². The molecule has 1 heterocycles. The molecule has 1 aliphatic heterocycles. The summed E-state index contributed by atoms with van der Waals surface area (Å²) < 4.78 is 31.8. The molecule has 0 aromatic heterocycles.